The summed E-state index contributed by atoms with van der Waals surface area (Å²) in [6.07, 6.45) is -7.75. The highest BCUT2D eigenvalue weighted by Crippen LogP contribution is 2.38. The molecule has 3 N–H and O–H groups in total. The van der Waals surface area contributed by atoms with Crippen molar-refractivity contribution in [3.8, 4) is 0 Å². The second-order valence-electron chi connectivity index (χ2n) is 7.21. The third-order valence-electron chi connectivity index (χ3n) is 4.66. The number of hydrogen-bond acceptors (Lipinski definition) is 5. The summed E-state index contributed by atoms with van der Waals surface area (Å²) >= 11 is 0. The quantitative estimate of drug-likeness (QED) is 0.667. The van der Waals surface area contributed by atoms with E-state index < -0.39 is 29.2 Å². The van der Waals surface area contributed by atoms with Gasteiger partial charge in [-0.15, -0.1) is 0 Å². The summed E-state index contributed by atoms with van der Waals surface area (Å²) in [5, 5.41) is 2.52. The average molecular weight is 433 g/mol. The lowest BCUT2D eigenvalue weighted by molar-refractivity contribution is -0.143. The third-order valence-corrected chi connectivity index (χ3v) is 4.66. The molecule has 1 saturated heterocycles. The molecule has 1 aromatic heterocycles. The lowest BCUT2D eigenvalue weighted by Gasteiger charge is -2.19. The molecule has 1 atom stereocenters. The van der Waals surface area contributed by atoms with Gasteiger partial charge in [-0.2, -0.15) is 31.3 Å². The topological polar surface area (TPSA) is 67.1 Å². The SMILES string of the molecule is CCCc1cc(N2CCC(N)C2)nc(Nc2cc(C(F)(F)F)cc(C(F)(F)F)c2)n1. The summed E-state index contributed by atoms with van der Waals surface area (Å²) in [6, 6.07) is 3.03. The predicted octanol–water partition coefficient (Wildman–Crippen LogP) is 4.75. The Morgan fingerprint density at radius 3 is 2.17 bits per heavy atom. The maximum absolute atomic E-state index is 13.1. The number of rotatable bonds is 5. The summed E-state index contributed by atoms with van der Waals surface area (Å²) in [5.41, 5.74) is 3.35. The highest BCUT2D eigenvalue weighted by Gasteiger charge is 2.37. The highest BCUT2D eigenvalue weighted by molar-refractivity contribution is 5.59. The van der Waals surface area contributed by atoms with Crippen molar-refractivity contribution >= 4 is 17.5 Å². The minimum absolute atomic E-state index is 0.0242. The summed E-state index contributed by atoms with van der Waals surface area (Å²) in [7, 11) is 0. The maximum Gasteiger partial charge on any atom is 0.416 e. The number of nitrogens with two attached hydrogens (primary N) is 1. The van der Waals surface area contributed by atoms with Gasteiger partial charge in [-0.1, -0.05) is 13.3 Å². The fourth-order valence-corrected chi connectivity index (χ4v) is 3.24. The van der Waals surface area contributed by atoms with Gasteiger partial charge < -0.3 is 16.0 Å². The van der Waals surface area contributed by atoms with Crippen molar-refractivity contribution in [2.45, 2.75) is 44.6 Å². The zero-order chi connectivity index (χ0) is 22.1. The molecule has 1 aliphatic heterocycles. The Kier molecular flexibility index (Phi) is 6.11. The van der Waals surface area contributed by atoms with E-state index >= 15 is 0 Å². The van der Waals surface area contributed by atoms with Crippen LogP contribution in [0.15, 0.2) is 24.3 Å². The lowest BCUT2D eigenvalue weighted by atomic mass is 10.1. The molecule has 164 valence electrons. The van der Waals surface area contributed by atoms with Crippen LogP contribution < -0.4 is 16.0 Å². The Balaban J connectivity index is 1.99. The van der Waals surface area contributed by atoms with E-state index in [0.29, 0.717) is 43.2 Å². The fraction of sp³-hybridized carbons (Fsp3) is 0.474. The van der Waals surface area contributed by atoms with Crippen molar-refractivity contribution in [2.24, 2.45) is 5.73 Å². The lowest BCUT2D eigenvalue weighted by Crippen LogP contribution is -2.27. The predicted molar refractivity (Wildman–Crippen MR) is 101 cm³/mol. The minimum Gasteiger partial charge on any atom is -0.355 e. The van der Waals surface area contributed by atoms with Crippen LogP contribution in [-0.2, 0) is 18.8 Å². The van der Waals surface area contributed by atoms with E-state index in [-0.39, 0.29) is 18.1 Å². The van der Waals surface area contributed by atoms with E-state index in [0.717, 1.165) is 12.8 Å². The number of benzene rings is 1. The van der Waals surface area contributed by atoms with E-state index in [9.17, 15) is 26.3 Å². The number of alkyl halides is 6. The monoisotopic (exact) mass is 433 g/mol. The van der Waals surface area contributed by atoms with Crippen molar-refractivity contribution in [2.75, 3.05) is 23.3 Å². The van der Waals surface area contributed by atoms with Gasteiger partial charge >= 0.3 is 12.4 Å². The summed E-state index contributed by atoms with van der Waals surface area (Å²) < 4.78 is 78.6. The van der Waals surface area contributed by atoms with Gasteiger partial charge in [0.25, 0.3) is 0 Å². The van der Waals surface area contributed by atoms with E-state index in [2.05, 4.69) is 15.3 Å². The Hall–Kier alpha value is -2.56. The van der Waals surface area contributed by atoms with Crippen LogP contribution in [0.5, 0.6) is 0 Å². The number of nitrogens with one attached hydrogen (secondary N) is 1. The van der Waals surface area contributed by atoms with Crippen LogP contribution >= 0.6 is 0 Å². The maximum atomic E-state index is 13.1. The molecule has 0 radical (unpaired) electrons. The van der Waals surface area contributed by atoms with Gasteiger partial charge in [0, 0.05) is 36.6 Å². The average Bonchev–Trinajstić information content (AvgIpc) is 3.06. The van der Waals surface area contributed by atoms with Crippen molar-refractivity contribution < 1.29 is 26.3 Å². The number of nitrogens with zero attached hydrogens (tertiary/aromatic N) is 3. The van der Waals surface area contributed by atoms with Crippen molar-refractivity contribution in [3.05, 3.63) is 41.1 Å². The van der Waals surface area contributed by atoms with Gasteiger partial charge in [-0.25, -0.2) is 4.98 Å². The second-order valence-corrected chi connectivity index (χ2v) is 7.21. The van der Waals surface area contributed by atoms with Crippen molar-refractivity contribution in [1.29, 1.82) is 0 Å². The van der Waals surface area contributed by atoms with E-state index in [1.807, 2.05) is 11.8 Å². The Labute approximate surface area is 169 Å². The Morgan fingerprint density at radius 2 is 1.67 bits per heavy atom. The van der Waals surface area contributed by atoms with Crippen LogP contribution in [0.1, 0.15) is 36.6 Å². The molecule has 1 unspecified atom stereocenters. The smallest absolute Gasteiger partial charge is 0.355 e. The molecule has 1 aliphatic rings. The first-order valence-electron chi connectivity index (χ1n) is 9.40. The van der Waals surface area contributed by atoms with Gasteiger partial charge in [-0.3, -0.25) is 0 Å². The van der Waals surface area contributed by atoms with Crippen molar-refractivity contribution in [1.82, 2.24) is 9.97 Å². The first-order chi connectivity index (χ1) is 14.0. The molecular formula is C19H21F6N5. The largest absolute Gasteiger partial charge is 0.416 e. The van der Waals surface area contributed by atoms with Gasteiger partial charge in [-0.05, 0) is 31.0 Å². The fourth-order valence-electron chi connectivity index (χ4n) is 3.24. The molecule has 2 aromatic rings. The molecule has 0 spiro atoms. The van der Waals surface area contributed by atoms with Gasteiger partial charge in [0.05, 0.1) is 11.1 Å². The van der Waals surface area contributed by atoms with Gasteiger partial charge in [0.1, 0.15) is 5.82 Å². The third kappa shape index (κ3) is 5.32. The number of aromatic nitrogens is 2. The first-order valence-corrected chi connectivity index (χ1v) is 9.40. The van der Waals surface area contributed by atoms with Crippen molar-refractivity contribution in [3.63, 3.8) is 0 Å². The summed E-state index contributed by atoms with van der Waals surface area (Å²) in [5.74, 6) is 0.468. The molecule has 30 heavy (non-hydrogen) atoms. The number of aryl methyl sites for hydroxylation is 1. The second kappa shape index (κ2) is 8.29. The van der Waals surface area contributed by atoms with Gasteiger partial charge in [0.15, 0.2) is 0 Å². The molecule has 1 fully saturated rings. The van der Waals surface area contributed by atoms with Crippen LogP contribution in [0.4, 0.5) is 43.8 Å². The standard InChI is InChI=1S/C19H21F6N5/c1-2-3-14-9-16(30-5-4-13(26)10-30)29-17(27-14)28-15-7-11(18(20,21)22)6-12(8-15)19(23,24)25/h6-9,13H,2-5,10,26H2,1H3,(H,27,28,29). The molecule has 1 aromatic carbocycles. The van der Waals surface area contributed by atoms with Crippen LogP contribution in [0, 0.1) is 0 Å². The Morgan fingerprint density at radius 1 is 1.03 bits per heavy atom. The summed E-state index contributed by atoms with van der Waals surface area (Å²) in [6.45, 7) is 3.15. The normalized spacial score (nSPS) is 17.5. The molecule has 0 amide bonds. The minimum atomic E-state index is -4.93. The molecule has 2 heterocycles. The zero-order valence-corrected chi connectivity index (χ0v) is 16.1. The van der Waals surface area contributed by atoms with Crippen LogP contribution in [0.25, 0.3) is 0 Å². The summed E-state index contributed by atoms with van der Waals surface area (Å²) in [4.78, 5) is 10.5. The first kappa shape index (κ1) is 22.1. The molecule has 0 saturated carbocycles. The molecule has 0 aliphatic carbocycles. The van der Waals surface area contributed by atoms with E-state index in [1.54, 1.807) is 6.07 Å². The molecule has 11 heteroatoms. The van der Waals surface area contributed by atoms with Crippen LogP contribution in [0.3, 0.4) is 0 Å². The molecule has 3 rings (SSSR count). The molecule has 0 bridgehead atoms. The highest BCUT2D eigenvalue weighted by atomic mass is 19.4. The van der Waals surface area contributed by atoms with E-state index in [1.165, 1.54) is 0 Å². The van der Waals surface area contributed by atoms with E-state index in [4.69, 9.17) is 5.73 Å². The van der Waals surface area contributed by atoms with Crippen LogP contribution in [-0.4, -0.2) is 29.1 Å². The van der Waals surface area contributed by atoms with Gasteiger partial charge in [0.2, 0.25) is 5.95 Å². The number of halogens is 6. The zero-order valence-electron chi connectivity index (χ0n) is 16.1. The Bertz CT molecular complexity index is 864. The number of anilines is 3. The molecule has 5 nitrogen and oxygen atoms in total. The number of hydrogen-bond donors (Lipinski definition) is 2. The van der Waals surface area contributed by atoms with Crippen LogP contribution in [0.2, 0.25) is 0 Å². The molecular weight excluding hydrogens is 412 g/mol.